The average Bonchev–Trinajstić information content (AvgIpc) is 3.33. The number of nitrogens with two attached hydrogens (primary N) is 2. The van der Waals surface area contributed by atoms with Crippen molar-refractivity contribution in [3.8, 4) is 0 Å². The Morgan fingerprint density at radius 1 is 0.976 bits per heavy atom. The Morgan fingerprint density at radius 2 is 1.59 bits per heavy atom. The maximum Gasteiger partial charge on any atom is 0.326 e. The molecule has 16 nitrogen and oxygen atoms in total. The molecular weight excluding hydrogens is 538 g/mol. The molecule has 41 heavy (non-hydrogen) atoms. The number of H-pyrrole nitrogens is 1. The number of carboxylic acid groups (broad SMARTS) is 1. The van der Waals surface area contributed by atoms with Gasteiger partial charge in [0.05, 0.1) is 19.2 Å². The van der Waals surface area contributed by atoms with Crippen molar-refractivity contribution in [2.45, 2.75) is 50.4 Å². The van der Waals surface area contributed by atoms with E-state index in [1.807, 2.05) is 24.3 Å². The fourth-order valence-corrected chi connectivity index (χ4v) is 3.80. The summed E-state index contributed by atoms with van der Waals surface area (Å²) >= 11 is 0. The number of nitrogens with one attached hydrogen (secondary N) is 7. The van der Waals surface area contributed by atoms with Crippen LogP contribution >= 0.6 is 0 Å². The molecule has 0 bridgehead atoms. The largest absolute Gasteiger partial charge is 0.480 e. The third-order valence-corrected chi connectivity index (χ3v) is 6.04. The number of aliphatic hydroxyl groups is 1. The number of benzene rings is 1. The number of fused-ring (bicyclic) bond motifs is 1. The van der Waals surface area contributed by atoms with Crippen LogP contribution in [0.3, 0.4) is 0 Å². The average molecular weight is 576 g/mol. The number of para-hydroxylation sites is 1. The number of carbonyl (C=O) groups excluding carboxylic acids is 4. The van der Waals surface area contributed by atoms with Gasteiger partial charge in [0.1, 0.15) is 18.1 Å². The number of aromatic nitrogens is 1. The SMILES string of the molecule is C[C@@H](O)[C@H](N)C(=O)NCC(=O)N[C@@H](Cc1c[nH]c2ccccc12)C(=O)NCC(=O)N[C@@H](CCCNC(=N)N)C(=O)O. The van der Waals surface area contributed by atoms with Gasteiger partial charge in [-0.2, -0.15) is 0 Å². The molecular formula is C25H37N9O7. The minimum absolute atomic E-state index is 0.0330. The summed E-state index contributed by atoms with van der Waals surface area (Å²) in [5.74, 6) is -4.48. The van der Waals surface area contributed by atoms with Crippen LogP contribution in [0.5, 0.6) is 0 Å². The number of aliphatic carboxylic acids is 1. The summed E-state index contributed by atoms with van der Waals surface area (Å²) in [6.07, 6.45) is 0.943. The van der Waals surface area contributed by atoms with Gasteiger partial charge >= 0.3 is 5.97 Å². The van der Waals surface area contributed by atoms with Crippen molar-refractivity contribution < 1.29 is 34.2 Å². The Hall–Kier alpha value is -4.70. The van der Waals surface area contributed by atoms with E-state index in [-0.39, 0.29) is 25.3 Å². The number of hydrogen-bond acceptors (Lipinski definition) is 8. The first-order valence-electron chi connectivity index (χ1n) is 12.8. The number of amides is 4. The Bertz CT molecular complexity index is 1250. The van der Waals surface area contributed by atoms with Gasteiger partial charge in [0.25, 0.3) is 0 Å². The quantitative estimate of drug-likeness (QED) is 0.0547. The molecule has 1 heterocycles. The lowest BCUT2D eigenvalue weighted by atomic mass is 10.0. The molecule has 0 fully saturated rings. The molecule has 1 aromatic heterocycles. The van der Waals surface area contributed by atoms with Gasteiger partial charge in [-0.3, -0.25) is 24.6 Å². The first-order chi connectivity index (χ1) is 19.4. The molecule has 224 valence electrons. The Kier molecular flexibility index (Phi) is 12.5. The second kappa shape index (κ2) is 15.8. The molecule has 2 rings (SSSR count). The number of guanidine groups is 1. The molecule has 0 spiro atoms. The lowest BCUT2D eigenvalue weighted by Gasteiger charge is -2.20. The smallest absolute Gasteiger partial charge is 0.326 e. The van der Waals surface area contributed by atoms with Crippen molar-refractivity contribution in [2.75, 3.05) is 19.6 Å². The number of rotatable bonds is 16. The second-order valence-electron chi connectivity index (χ2n) is 9.33. The summed E-state index contributed by atoms with van der Waals surface area (Å²) in [6.45, 7) is 0.490. The van der Waals surface area contributed by atoms with Crippen LogP contribution in [0.2, 0.25) is 0 Å². The highest BCUT2D eigenvalue weighted by Crippen LogP contribution is 2.19. The predicted molar refractivity (Wildman–Crippen MR) is 148 cm³/mol. The van der Waals surface area contributed by atoms with E-state index in [2.05, 4.69) is 31.6 Å². The van der Waals surface area contributed by atoms with Crippen LogP contribution in [-0.2, 0) is 30.4 Å². The van der Waals surface area contributed by atoms with E-state index in [1.54, 1.807) is 6.20 Å². The number of hydrogen-bond donors (Lipinski definition) is 11. The Morgan fingerprint density at radius 3 is 2.20 bits per heavy atom. The molecule has 0 aliphatic carbocycles. The molecule has 13 N–H and O–H groups in total. The fraction of sp³-hybridized carbons (Fsp3) is 0.440. The lowest BCUT2D eigenvalue weighted by molar-refractivity contribution is -0.142. The number of carboxylic acids is 1. The molecule has 1 aromatic carbocycles. The van der Waals surface area contributed by atoms with Gasteiger partial charge in [-0.05, 0) is 31.4 Å². The molecule has 0 aliphatic rings. The van der Waals surface area contributed by atoms with Gasteiger partial charge in [-0.1, -0.05) is 18.2 Å². The third kappa shape index (κ3) is 10.8. The van der Waals surface area contributed by atoms with Crippen molar-refractivity contribution >= 4 is 46.5 Å². The fourth-order valence-electron chi connectivity index (χ4n) is 3.80. The summed E-state index contributed by atoms with van der Waals surface area (Å²) in [5, 5.41) is 38.8. The van der Waals surface area contributed by atoms with E-state index in [0.717, 1.165) is 10.9 Å². The molecule has 2 aromatic rings. The van der Waals surface area contributed by atoms with Crippen LogP contribution < -0.4 is 38.1 Å². The Labute approximate surface area is 235 Å². The maximum atomic E-state index is 13.1. The summed E-state index contributed by atoms with van der Waals surface area (Å²) in [6, 6.07) is 3.68. The number of carbonyl (C=O) groups is 5. The number of aliphatic hydroxyl groups excluding tert-OH is 1. The van der Waals surface area contributed by atoms with Gasteiger partial charge < -0.3 is 53.2 Å². The van der Waals surface area contributed by atoms with E-state index in [9.17, 15) is 34.2 Å². The Balaban J connectivity index is 2.03. The van der Waals surface area contributed by atoms with E-state index in [4.69, 9.17) is 16.9 Å². The van der Waals surface area contributed by atoms with Crippen molar-refractivity contribution in [1.82, 2.24) is 31.6 Å². The molecule has 0 radical (unpaired) electrons. The summed E-state index contributed by atoms with van der Waals surface area (Å²) < 4.78 is 0. The first-order valence-corrected chi connectivity index (χ1v) is 12.8. The lowest BCUT2D eigenvalue weighted by Crippen LogP contribution is -2.54. The van der Waals surface area contributed by atoms with E-state index in [0.29, 0.717) is 12.0 Å². The second-order valence-corrected chi connectivity index (χ2v) is 9.33. The zero-order chi connectivity index (χ0) is 30.5. The van der Waals surface area contributed by atoms with E-state index >= 15 is 0 Å². The normalized spacial score (nSPS) is 13.7. The molecule has 4 amide bonds. The minimum atomic E-state index is -1.27. The third-order valence-electron chi connectivity index (χ3n) is 6.04. The van der Waals surface area contributed by atoms with Crippen LogP contribution in [-0.4, -0.2) is 94.6 Å². The van der Waals surface area contributed by atoms with Crippen LogP contribution in [0.15, 0.2) is 30.5 Å². The monoisotopic (exact) mass is 575 g/mol. The van der Waals surface area contributed by atoms with Crippen LogP contribution in [0, 0.1) is 5.41 Å². The molecule has 0 saturated carbocycles. The molecule has 0 aliphatic heterocycles. The van der Waals surface area contributed by atoms with Gasteiger partial charge in [0.2, 0.25) is 23.6 Å². The van der Waals surface area contributed by atoms with Crippen LogP contribution in [0.4, 0.5) is 0 Å². The molecule has 16 heteroatoms. The molecule has 4 atom stereocenters. The topological polar surface area (TPSA) is 278 Å². The predicted octanol–water partition coefficient (Wildman–Crippen LogP) is -3.03. The standard InChI is InChI=1S/C25H37N9O7/c1-13(35)21(26)23(39)32-12-20(37)34-18(9-14-10-30-16-6-3-2-5-15(14)16)22(38)31-11-19(36)33-17(24(40)41)7-4-8-29-25(27)28/h2-3,5-6,10,13,17-18,21,30,35H,4,7-9,11-12,26H2,1H3,(H,31,38)(H,32,39)(H,33,36)(H,34,37)(H,40,41)(H4,27,28,29)/t13-,17+,18+,21+/m1/s1. The highest BCUT2D eigenvalue weighted by Gasteiger charge is 2.25. The van der Waals surface area contributed by atoms with Gasteiger partial charge in [-0.25, -0.2) is 4.79 Å². The van der Waals surface area contributed by atoms with E-state index in [1.165, 1.54) is 6.92 Å². The van der Waals surface area contributed by atoms with Crippen molar-refractivity contribution in [2.24, 2.45) is 11.5 Å². The molecule has 0 unspecified atom stereocenters. The van der Waals surface area contributed by atoms with Gasteiger partial charge in [0, 0.05) is 30.1 Å². The first kappa shape index (κ1) is 32.5. The van der Waals surface area contributed by atoms with Crippen molar-refractivity contribution in [1.29, 1.82) is 5.41 Å². The van der Waals surface area contributed by atoms with E-state index < -0.39 is 66.9 Å². The highest BCUT2D eigenvalue weighted by molar-refractivity contribution is 5.94. The summed E-state index contributed by atoms with van der Waals surface area (Å²) in [4.78, 5) is 64.6. The van der Waals surface area contributed by atoms with Gasteiger partial charge in [-0.15, -0.1) is 0 Å². The summed E-state index contributed by atoms with van der Waals surface area (Å²) in [5.41, 5.74) is 12.2. The zero-order valence-electron chi connectivity index (χ0n) is 22.5. The molecule has 0 saturated heterocycles. The maximum absolute atomic E-state index is 13.1. The van der Waals surface area contributed by atoms with Crippen LogP contribution in [0.1, 0.15) is 25.3 Å². The zero-order valence-corrected chi connectivity index (χ0v) is 22.5. The summed E-state index contributed by atoms with van der Waals surface area (Å²) in [7, 11) is 0. The van der Waals surface area contributed by atoms with Gasteiger partial charge in [0.15, 0.2) is 5.96 Å². The minimum Gasteiger partial charge on any atom is -0.480 e. The van der Waals surface area contributed by atoms with Crippen molar-refractivity contribution in [3.05, 3.63) is 36.0 Å². The highest BCUT2D eigenvalue weighted by atomic mass is 16.4. The number of aromatic amines is 1. The van der Waals surface area contributed by atoms with Crippen LogP contribution in [0.25, 0.3) is 10.9 Å². The van der Waals surface area contributed by atoms with Crippen molar-refractivity contribution in [3.63, 3.8) is 0 Å².